The molecule has 1 saturated carbocycles. The molecule has 2 atom stereocenters. The first-order valence-electron chi connectivity index (χ1n) is 7.80. The van der Waals surface area contributed by atoms with Crippen LogP contribution in [0, 0.1) is 5.92 Å². The second kappa shape index (κ2) is 9.70. The van der Waals surface area contributed by atoms with Gasteiger partial charge in [-0.25, -0.2) is 0 Å². The van der Waals surface area contributed by atoms with Gasteiger partial charge < -0.3 is 19.9 Å². The molecule has 0 radical (unpaired) electrons. The van der Waals surface area contributed by atoms with Gasteiger partial charge in [0.1, 0.15) is 0 Å². The van der Waals surface area contributed by atoms with E-state index in [-0.39, 0.29) is 12.1 Å². The van der Waals surface area contributed by atoms with Crippen LogP contribution in [0.5, 0.6) is 0 Å². The van der Waals surface area contributed by atoms with Gasteiger partial charge in [0, 0.05) is 18.8 Å². The van der Waals surface area contributed by atoms with Crippen LogP contribution in [0.1, 0.15) is 46.0 Å². The highest BCUT2D eigenvalue weighted by Gasteiger charge is 2.41. The number of nitrogens with one attached hydrogen (secondary N) is 1. The Kier molecular flexibility index (Phi) is 8.62. The molecule has 1 fully saturated rings. The van der Waals surface area contributed by atoms with Gasteiger partial charge in [-0.1, -0.05) is 13.3 Å². The quantitative estimate of drug-likeness (QED) is 0.565. The van der Waals surface area contributed by atoms with Crippen LogP contribution in [0.2, 0.25) is 0 Å². The van der Waals surface area contributed by atoms with E-state index in [2.05, 4.69) is 12.2 Å². The Bertz CT molecular complexity index is 225. The maximum Gasteiger partial charge on any atom is 0.0700 e. The molecule has 1 aliphatic carbocycles. The summed E-state index contributed by atoms with van der Waals surface area (Å²) in [5, 5.41) is 13.3. The van der Waals surface area contributed by atoms with E-state index in [0.717, 1.165) is 39.0 Å². The summed E-state index contributed by atoms with van der Waals surface area (Å²) in [5.74, 6) is 0.538. The second-order valence-electron chi connectivity index (χ2n) is 5.43. The lowest BCUT2D eigenvalue weighted by Gasteiger charge is -2.35. The Labute approximate surface area is 117 Å². The first-order valence-corrected chi connectivity index (χ1v) is 7.80. The fourth-order valence-electron chi connectivity index (χ4n) is 3.03. The Balaban J connectivity index is 2.26. The zero-order valence-corrected chi connectivity index (χ0v) is 12.6. The van der Waals surface area contributed by atoms with Gasteiger partial charge in [0.2, 0.25) is 0 Å². The summed E-state index contributed by atoms with van der Waals surface area (Å²) in [6.07, 6.45) is 5.64. The maximum absolute atomic E-state index is 9.76. The summed E-state index contributed by atoms with van der Waals surface area (Å²) >= 11 is 0. The molecule has 19 heavy (non-hydrogen) atoms. The predicted molar refractivity (Wildman–Crippen MR) is 77.4 cm³/mol. The molecule has 2 N–H and O–H groups in total. The highest BCUT2D eigenvalue weighted by molar-refractivity contribution is 4.98. The van der Waals surface area contributed by atoms with Crippen LogP contribution >= 0.6 is 0 Å². The van der Waals surface area contributed by atoms with E-state index >= 15 is 0 Å². The van der Waals surface area contributed by atoms with E-state index in [4.69, 9.17) is 9.47 Å². The van der Waals surface area contributed by atoms with Crippen LogP contribution < -0.4 is 5.32 Å². The van der Waals surface area contributed by atoms with Crippen LogP contribution in [0.3, 0.4) is 0 Å². The lowest BCUT2D eigenvalue weighted by atomic mass is 9.85. The number of hydrogen-bond acceptors (Lipinski definition) is 4. The fourth-order valence-corrected chi connectivity index (χ4v) is 3.03. The van der Waals surface area contributed by atoms with Gasteiger partial charge in [0.15, 0.2) is 0 Å². The Morgan fingerprint density at radius 1 is 1.21 bits per heavy atom. The smallest absolute Gasteiger partial charge is 0.0700 e. The third-order valence-electron chi connectivity index (χ3n) is 4.15. The van der Waals surface area contributed by atoms with Gasteiger partial charge in [-0.05, 0) is 45.1 Å². The fraction of sp³-hybridized carbons (Fsp3) is 1.00. The minimum Gasteiger partial charge on any atom is -0.394 e. The predicted octanol–water partition coefficient (Wildman–Crippen LogP) is 1.96. The Hall–Kier alpha value is -0.160. The van der Waals surface area contributed by atoms with Gasteiger partial charge in [-0.2, -0.15) is 0 Å². The van der Waals surface area contributed by atoms with Crippen molar-refractivity contribution in [1.29, 1.82) is 0 Å². The molecule has 0 aliphatic heterocycles. The van der Waals surface area contributed by atoms with Gasteiger partial charge in [-0.3, -0.25) is 0 Å². The lowest BCUT2D eigenvalue weighted by Crippen LogP contribution is -2.51. The molecule has 0 aromatic heterocycles. The van der Waals surface area contributed by atoms with Crippen molar-refractivity contribution in [3.63, 3.8) is 0 Å². The molecule has 0 heterocycles. The topological polar surface area (TPSA) is 50.7 Å². The molecular formula is C15H31NO3. The van der Waals surface area contributed by atoms with Crippen molar-refractivity contribution < 1.29 is 14.6 Å². The summed E-state index contributed by atoms with van der Waals surface area (Å²) in [4.78, 5) is 0. The van der Waals surface area contributed by atoms with E-state index < -0.39 is 0 Å². The lowest BCUT2D eigenvalue weighted by molar-refractivity contribution is 0.0377. The highest BCUT2D eigenvalue weighted by atomic mass is 16.5. The molecule has 0 aromatic rings. The zero-order chi connectivity index (χ0) is 14.0. The number of aliphatic hydroxyl groups is 1. The minimum atomic E-state index is -0.0563. The van der Waals surface area contributed by atoms with Crippen LogP contribution in [-0.4, -0.2) is 50.2 Å². The molecule has 2 unspecified atom stereocenters. The van der Waals surface area contributed by atoms with E-state index in [0.29, 0.717) is 19.1 Å². The van der Waals surface area contributed by atoms with Crippen LogP contribution in [0.4, 0.5) is 0 Å². The molecule has 4 nitrogen and oxygen atoms in total. The largest absolute Gasteiger partial charge is 0.394 e. The van der Waals surface area contributed by atoms with Crippen molar-refractivity contribution in [1.82, 2.24) is 5.32 Å². The first kappa shape index (κ1) is 16.9. The van der Waals surface area contributed by atoms with E-state index in [1.165, 1.54) is 12.8 Å². The minimum absolute atomic E-state index is 0.0563. The van der Waals surface area contributed by atoms with Crippen LogP contribution in [0.25, 0.3) is 0 Å². The van der Waals surface area contributed by atoms with Gasteiger partial charge >= 0.3 is 0 Å². The SMILES string of the molecule is CCCNC1(CO)CCCC1CCOCCOCC. The zero-order valence-electron chi connectivity index (χ0n) is 12.6. The summed E-state index contributed by atoms with van der Waals surface area (Å²) in [7, 11) is 0. The summed E-state index contributed by atoms with van der Waals surface area (Å²) < 4.78 is 10.8. The molecule has 0 bridgehead atoms. The molecule has 0 amide bonds. The molecule has 4 heteroatoms. The Morgan fingerprint density at radius 2 is 2.00 bits per heavy atom. The highest BCUT2D eigenvalue weighted by Crippen LogP contribution is 2.37. The van der Waals surface area contributed by atoms with Gasteiger partial charge in [-0.15, -0.1) is 0 Å². The van der Waals surface area contributed by atoms with Gasteiger partial charge in [0.25, 0.3) is 0 Å². The normalized spacial score (nSPS) is 27.0. The third kappa shape index (κ3) is 5.38. The van der Waals surface area contributed by atoms with Crippen molar-refractivity contribution in [2.24, 2.45) is 5.92 Å². The molecule has 0 spiro atoms. The molecule has 114 valence electrons. The number of rotatable bonds is 11. The summed E-state index contributed by atoms with van der Waals surface area (Å²) in [6, 6.07) is 0. The van der Waals surface area contributed by atoms with Crippen molar-refractivity contribution in [3.8, 4) is 0 Å². The van der Waals surface area contributed by atoms with E-state index in [9.17, 15) is 5.11 Å². The van der Waals surface area contributed by atoms with E-state index in [1.54, 1.807) is 0 Å². The summed E-state index contributed by atoms with van der Waals surface area (Å²) in [6.45, 7) is 8.27. The molecule has 1 rings (SSSR count). The first-order chi connectivity index (χ1) is 9.29. The molecule has 1 aliphatic rings. The third-order valence-corrected chi connectivity index (χ3v) is 4.15. The molecule has 0 saturated heterocycles. The second-order valence-corrected chi connectivity index (χ2v) is 5.43. The average Bonchev–Trinajstić information content (AvgIpc) is 2.84. The summed E-state index contributed by atoms with van der Waals surface area (Å²) in [5.41, 5.74) is -0.0563. The van der Waals surface area contributed by atoms with Crippen LogP contribution in [0.15, 0.2) is 0 Å². The Morgan fingerprint density at radius 3 is 2.68 bits per heavy atom. The monoisotopic (exact) mass is 273 g/mol. The molecule has 0 aromatic carbocycles. The number of hydrogen-bond donors (Lipinski definition) is 2. The van der Waals surface area contributed by atoms with Crippen molar-refractivity contribution >= 4 is 0 Å². The van der Waals surface area contributed by atoms with Crippen LogP contribution in [-0.2, 0) is 9.47 Å². The maximum atomic E-state index is 9.76. The van der Waals surface area contributed by atoms with Crippen molar-refractivity contribution in [3.05, 3.63) is 0 Å². The average molecular weight is 273 g/mol. The molecular weight excluding hydrogens is 242 g/mol. The number of ether oxygens (including phenoxy) is 2. The number of aliphatic hydroxyl groups excluding tert-OH is 1. The van der Waals surface area contributed by atoms with Crippen molar-refractivity contribution in [2.45, 2.75) is 51.5 Å². The van der Waals surface area contributed by atoms with Gasteiger partial charge in [0.05, 0.1) is 19.8 Å². The van der Waals surface area contributed by atoms with E-state index in [1.807, 2.05) is 6.92 Å². The van der Waals surface area contributed by atoms with Crippen molar-refractivity contribution in [2.75, 3.05) is 39.6 Å². The standard InChI is InChI=1S/C15H31NO3/c1-3-9-16-15(13-17)8-5-6-14(15)7-10-19-12-11-18-4-2/h14,16-17H,3-13H2,1-2H3.